The average Bonchev–Trinajstić information content (AvgIpc) is 2.33. The summed E-state index contributed by atoms with van der Waals surface area (Å²) in [5, 5.41) is 8.86. The minimum absolute atomic E-state index is 0.0509. The van der Waals surface area contributed by atoms with Crippen LogP contribution in [0.2, 0.25) is 0 Å². The molecule has 1 atom stereocenters. The van der Waals surface area contributed by atoms with E-state index < -0.39 is 28.2 Å². The van der Waals surface area contributed by atoms with Crippen molar-refractivity contribution in [2.24, 2.45) is 0 Å². The normalized spacial score (nSPS) is 26.6. The molecule has 8 heteroatoms. The monoisotopic (exact) mass is 219 g/mol. The lowest BCUT2D eigenvalue weighted by molar-refractivity contribution is -0.0485. The standard InChI is InChI=1S/C5H8F3NO3S/c6-5(7,8)13(11,12)9-2-1-4(10)3-9/h4,10H,1-3H2/t4-/m1/s1. The van der Waals surface area contributed by atoms with Gasteiger partial charge < -0.3 is 5.11 Å². The van der Waals surface area contributed by atoms with E-state index in [9.17, 15) is 21.6 Å². The second-order valence-electron chi connectivity index (χ2n) is 2.75. The first-order chi connectivity index (χ1) is 5.75. The molecule has 1 heterocycles. The number of hydrogen-bond acceptors (Lipinski definition) is 3. The van der Waals surface area contributed by atoms with Crippen LogP contribution in [-0.4, -0.2) is 42.5 Å². The van der Waals surface area contributed by atoms with Gasteiger partial charge in [0.1, 0.15) is 0 Å². The highest BCUT2D eigenvalue weighted by Crippen LogP contribution is 2.29. The number of β-amino-alcohol motifs (C(OH)–C–C–N with tert-alkyl or cyclic N) is 1. The quantitative estimate of drug-likeness (QED) is 0.670. The maximum atomic E-state index is 11.9. The van der Waals surface area contributed by atoms with Crippen molar-refractivity contribution < 1.29 is 26.7 Å². The van der Waals surface area contributed by atoms with Gasteiger partial charge in [-0.05, 0) is 6.42 Å². The van der Waals surface area contributed by atoms with Gasteiger partial charge in [0.2, 0.25) is 0 Å². The predicted molar refractivity (Wildman–Crippen MR) is 37.2 cm³/mol. The molecule has 1 fully saturated rings. The summed E-state index contributed by atoms with van der Waals surface area (Å²) in [5.74, 6) is 0. The first-order valence-electron chi connectivity index (χ1n) is 3.49. The summed E-state index contributed by atoms with van der Waals surface area (Å²) in [6.45, 7) is -0.745. The molecular formula is C5H8F3NO3S. The van der Waals surface area contributed by atoms with E-state index in [4.69, 9.17) is 5.11 Å². The minimum Gasteiger partial charge on any atom is -0.392 e. The lowest BCUT2D eigenvalue weighted by Gasteiger charge is -2.17. The van der Waals surface area contributed by atoms with E-state index in [0.29, 0.717) is 0 Å². The van der Waals surface area contributed by atoms with E-state index in [1.165, 1.54) is 0 Å². The van der Waals surface area contributed by atoms with Crippen molar-refractivity contribution in [2.75, 3.05) is 13.1 Å². The summed E-state index contributed by atoms with van der Waals surface area (Å²) in [5.41, 5.74) is -5.27. The van der Waals surface area contributed by atoms with Crippen molar-refractivity contribution in [3.8, 4) is 0 Å². The number of sulfonamides is 1. The van der Waals surface area contributed by atoms with Crippen molar-refractivity contribution >= 4 is 10.0 Å². The molecule has 4 nitrogen and oxygen atoms in total. The zero-order valence-corrected chi connectivity index (χ0v) is 7.27. The number of aliphatic hydroxyl groups excluding tert-OH is 1. The Bertz CT molecular complexity index is 286. The van der Waals surface area contributed by atoms with Crippen molar-refractivity contribution in [1.82, 2.24) is 4.31 Å². The van der Waals surface area contributed by atoms with Crippen LogP contribution >= 0.6 is 0 Å². The molecule has 0 amide bonds. The first kappa shape index (κ1) is 10.7. The van der Waals surface area contributed by atoms with Gasteiger partial charge in [-0.1, -0.05) is 0 Å². The Morgan fingerprint density at radius 3 is 2.23 bits per heavy atom. The second kappa shape index (κ2) is 3.10. The Morgan fingerprint density at radius 2 is 1.92 bits per heavy atom. The zero-order valence-electron chi connectivity index (χ0n) is 6.45. The smallest absolute Gasteiger partial charge is 0.392 e. The maximum Gasteiger partial charge on any atom is 0.511 e. The van der Waals surface area contributed by atoms with Crippen LogP contribution in [0, 0.1) is 0 Å². The molecule has 1 aliphatic rings. The van der Waals surface area contributed by atoms with Gasteiger partial charge >= 0.3 is 15.5 Å². The number of rotatable bonds is 1. The molecule has 0 aromatic rings. The van der Waals surface area contributed by atoms with Crippen LogP contribution in [0.4, 0.5) is 13.2 Å². The van der Waals surface area contributed by atoms with Crippen LogP contribution in [-0.2, 0) is 10.0 Å². The molecular weight excluding hydrogens is 211 g/mol. The first-order valence-corrected chi connectivity index (χ1v) is 4.93. The predicted octanol–water partition coefficient (Wildman–Crippen LogP) is -0.0974. The topological polar surface area (TPSA) is 57.6 Å². The molecule has 0 unspecified atom stereocenters. The van der Waals surface area contributed by atoms with Gasteiger partial charge in [0, 0.05) is 13.1 Å². The van der Waals surface area contributed by atoms with Gasteiger partial charge in [-0.3, -0.25) is 0 Å². The number of nitrogens with zero attached hydrogens (tertiary/aromatic N) is 1. The third-order valence-corrected chi connectivity index (χ3v) is 3.35. The van der Waals surface area contributed by atoms with E-state index in [1.807, 2.05) is 0 Å². The van der Waals surface area contributed by atoms with Crippen LogP contribution in [0.5, 0.6) is 0 Å². The van der Waals surface area contributed by atoms with Crippen molar-refractivity contribution in [2.45, 2.75) is 18.0 Å². The fourth-order valence-electron chi connectivity index (χ4n) is 1.08. The molecule has 1 saturated heterocycles. The van der Waals surface area contributed by atoms with Crippen LogP contribution in [0.25, 0.3) is 0 Å². The maximum absolute atomic E-state index is 11.9. The Morgan fingerprint density at radius 1 is 1.38 bits per heavy atom. The molecule has 78 valence electrons. The molecule has 0 saturated carbocycles. The molecule has 13 heavy (non-hydrogen) atoms. The molecule has 0 spiro atoms. The Labute approximate surface area is 73.0 Å². The SMILES string of the molecule is O=S(=O)(N1CC[C@@H](O)C1)C(F)(F)F. The van der Waals surface area contributed by atoms with Crippen LogP contribution < -0.4 is 0 Å². The molecule has 0 aliphatic carbocycles. The molecule has 1 N–H and O–H groups in total. The molecule has 1 aliphatic heterocycles. The molecule has 0 radical (unpaired) electrons. The molecule has 0 bridgehead atoms. The number of halogens is 3. The van der Waals surface area contributed by atoms with Crippen LogP contribution in [0.3, 0.4) is 0 Å². The van der Waals surface area contributed by atoms with Crippen LogP contribution in [0.15, 0.2) is 0 Å². The second-order valence-corrected chi connectivity index (χ2v) is 4.68. The van der Waals surface area contributed by atoms with Gasteiger partial charge in [-0.25, -0.2) is 8.42 Å². The number of aliphatic hydroxyl groups is 1. The van der Waals surface area contributed by atoms with Gasteiger partial charge in [0.15, 0.2) is 0 Å². The van der Waals surface area contributed by atoms with Gasteiger partial charge in [-0.2, -0.15) is 17.5 Å². The van der Waals surface area contributed by atoms with Crippen LogP contribution in [0.1, 0.15) is 6.42 Å². The highest BCUT2D eigenvalue weighted by molar-refractivity contribution is 7.90. The molecule has 0 aromatic carbocycles. The summed E-state index contributed by atoms with van der Waals surface area (Å²) in [6, 6.07) is 0. The van der Waals surface area contributed by atoms with Gasteiger partial charge in [0.05, 0.1) is 6.10 Å². The summed E-state index contributed by atoms with van der Waals surface area (Å²) in [4.78, 5) is 0. The summed E-state index contributed by atoms with van der Waals surface area (Å²) in [6.07, 6.45) is -0.938. The minimum atomic E-state index is -5.27. The highest BCUT2D eigenvalue weighted by atomic mass is 32.2. The Kier molecular flexibility index (Phi) is 2.56. The Hall–Kier alpha value is -0.340. The summed E-state index contributed by atoms with van der Waals surface area (Å²) < 4.78 is 57.3. The lowest BCUT2D eigenvalue weighted by Crippen LogP contribution is -2.39. The van der Waals surface area contributed by atoms with E-state index in [0.717, 1.165) is 0 Å². The zero-order chi connectivity index (χ0) is 10.3. The average molecular weight is 219 g/mol. The third-order valence-electron chi connectivity index (χ3n) is 1.76. The van der Waals surface area contributed by atoms with E-state index in [1.54, 1.807) is 0 Å². The summed E-state index contributed by atoms with van der Waals surface area (Å²) >= 11 is 0. The fraction of sp³-hybridized carbons (Fsp3) is 1.00. The molecule has 0 aromatic heterocycles. The van der Waals surface area contributed by atoms with E-state index >= 15 is 0 Å². The van der Waals surface area contributed by atoms with Crippen molar-refractivity contribution in [3.05, 3.63) is 0 Å². The lowest BCUT2D eigenvalue weighted by atomic mass is 10.3. The van der Waals surface area contributed by atoms with Gasteiger partial charge in [0.25, 0.3) is 0 Å². The van der Waals surface area contributed by atoms with Crippen molar-refractivity contribution in [3.63, 3.8) is 0 Å². The fourth-order valence-corrected chi connectivity index (χ4v) is 2.08. The summed E-state index contributed by atoms with van der Waals surface area (Å²) in [7, 11) is -5.24. The van der Waals surface area contributed by atoms with E-state index in [2.05, 4.69) is 0 Å². The van der Waals surface area contributed by atoms with E-state index in [-0.39, 0.29) is 17.3 Å². The van der Waals surface area contributed by atoms with Gasteiger partial charge in [-0.15, -0.1) is 0 Å². The number of hydrogen-bond donors (Lipinski definition) is 1. The number of alkyl halides is 3. The Balaban J connectivity index is 2.84. The van der Waals surface area contributed by atoms with Crippen molar-refractivity contribution in [1.29, 1.82) is 0 Å². The largest absolute Gasteiger partial charge is 0.511 e. The third kappa shape index (κ3) is 1.94. The molecule has 1 rings (SSSR count). The highest BCUT2D eigenvalue weighted by Gasteiger charge is 2.51.